The summed E-state index contributed by atoms with van der Waals surface area (Å²) in [5, 5.41) is 11.5. The molecule has 7 nitrogen and oxygen atoms in total. The summed E-state index contributed by atoms with van der Waals surface area (Å²) in [6.07, 6.45) is 3.86. The van der Waals surface area contributed by atoms with E-state index in [4.69, 9.17) is 4.74 Å². The van der Waals surface area contributed by atoms with Gasteiger partial charge in [-0.15, -0.1) is 0 Å². The largest absolute Gasteiger partial charge is 0.508 e. The van der Waals surface area contributed by atoms with Crippen LogP contribution in [0.5, 0.6) is 11.5 Å². The number of nitrogens with zero attached hydrogens (tertiary/aromatic N) is 2. The number of carbonyl (C=O) groups is 2. The van der Waals surface area contributed by atoms with E-state index in [0.717, 1.165) is 59.0 Å². The van der Waals surface area contributed by atoms with Crippen molar-refractivity contribution in [2.75, 3.05) is 32.8 Å². The Balaban J connectivity index is 1.41. The smallest absolute Gasteiger partial charge is 0.235 e. The third kappa shape index (κ3) is 4.68. The molecule has 3 heterocycles. The molecule has 0 spiro atoms. The Bertz CT molecular complexity index is 1420. The third-order valence-electron chi connectivity index (χ3n) is 9.75. The highest BCUT2D eigenvalue weighted by Crippen LogP contribution is 2.55. The van der Waals surface area contributed by atoms with Gasteiger partial charge in [-0.1, -0.05) is 26.0 Å². The first-order valence-electron chi connectivity index (χ1n) is 14.9. The van der Waals surface area contributed by atoms with Crippen molar-refractivity contribution in [2.45, 2.75) is 58.8 Å². The first-order chi connectivity index (χ1) is 19.3. The number of aromatic nitrogens is 1. The maximum atomic E-state index is 14.5. The van der Waals surface area contributed by atoms with Gasteiger partial charge in [0, 0.05) is 42.0 Å². The molecule has 3 atom stereocenters. The molecule has 7 heteroatoms. The average molecular weight is 544 g/mol. The molecular weight excluding hydrogens is 502 g/mol. The number of nitrogens with one attached hydrogen (secondary N) is 1. The van der Waals surface area contributed by atoms with E-state index in [-0.39, 0.29) is 29.4 Å². The topological polar surface area (TPSA) is 85.9 Å². The van der Waals surface area contributed by atoms with Crippen LogP contribution >= 0.6 is 0 Å². The van der Waals surface area contributed by atoms with Crippen molar-refractivity contribution in [2.24, 2.45) is 17.3 Å². The van der Waals surface area contributed by atoms with Crippen LogP contribution in [0.3, 0.4) is 0 Å². The quantitative estimate of drug-likeness (QED) is 0.403. The van der Waals surface area contributed by atoms with Gasteiger partial charge in [-0.25, -0.2) is 0 Å². The molecule has 0 radical (unpaired) electrons. The fourth-order valence-electron chi connectivity index (χ4n) is 7.45. The predicted octanol–water partition coefficient (Wildman–Crippen LogP) is 5.46. The van der Waals surface area contributed by atoms with Gasteiger partial charge in [0.15, 0.2) is 0 Å². The van der Waals surface area contributed by atoms with E-state index in [0.29, 0.717) is 32.4 Å². The Labute approximate surface area is 236 Å². The lowest BCUT2D eigenvalue weighted by Gasteiger charge is -2.45. The lowest BCUT2D eigenvalue weighted by molar-refractivity contribution is -0.151. The molecule has 2 aliphatic heterocycles. The summed E-state index contributed by atoms with van der Waals surface area (Å²) in [5.41, 5.74) is 3.40. The van der Waals surface area contributed by atoms with E-state index < -0.39 is 5.41 Å². The van der Waals surface area contributed by atoms with Gasteiger partial charge in [0.1, 0.15) is 11.5 Å². The standard InChI is InChI=1S/C33H41N3O4/c1-4-40-24-8-10-28-25(19-24)26-20-33(3)27(30(31(26)34-28)22-6-5-7-23(37)18-22)9-11-29(38)36(32(33)39)17-16-35-14-12-21(2)13-15-35/h5-8,10,18-19,21,27,30,34,37H,4,9,11-17,20H2,1-3H3/t27?,30-,33+/m0/s1. The zero-order valence-electron chi connectivity index (χ0n) is 23.9. The highest BCUT2D eigenvalue weighted by Gasteiger charge is 2.54. The molecular formula is C33H41N3O4. The number of carbonyl (C=O) groups excluding carboxylic acids is 2. The summed E-state index contributed by atoms with van der Waals surface area (Å²) < 4.78 is 5.83. The van der Waals surface area contributed by atoms with Crippen molar-refractivity contribution in [1.29, 1.82) is 0 Å². The average Bonchev–Trinajstić information content (AvgIpc) is 3.25. The molecule has 0 bridgehead atoms. The molecule has 1 aromatic heterocycles. The molecule has 0 saturated carbocycles. The van der Waals surface area contributed by atoms with Crippen molar-refractivity contribution in [1.82, 2.24) is 14.8 Å². The van der Waals surface area contributed by atoms with Crippen molar-refractivity contribution in [3.63, 3.8) is 0 Å². The van der Waals surface area contributed by atoms with E-state index >= 15 is 0 Å². The summed E-state index contributed by atoms with van der Waals surface area (Å²) in [6.45, 7) is 10.1. The normalized spacial score (nSPS) is 26.0. The SMILES string of the molecule is CCOc1ccc2[nH]c3c(c2c1)C[C@@]1(C)C(=O)N(CCN2CCC(C)CC2)C(=O)CCC1[C@@H]3c1cccc(O)c1. The van der Waals surface area contributed by atoms with E-state index in [9.17, 15) is 14.7 Å². The zero-order chi connectivity index (χ0) is 28.0. The number of phenols is 1. The number of rotatable bonds is 6. The number of ether oxygens (including phenoxy) is 1. The highest BCUT2D eigenvalue weighted by molar-refractivity contribution is 6.00. The summed E-state index contributed by atoms with van der Waals surface area (Å²) in [6, 6.07) is 13.5. The van der Waals surface area contributed by atoms with Crippen molar-refractivity contribution in [3.05, 3.63) is 59.3 Å². The molecule has 6 rings (SSSR count). The van der Waals surface area contributed by atoms with Crippen molar-refractivity contribution < 1.29 is 19.4 Å². The molecule has 2 amide bonds. The summed E-state index contributed by atoms with van der Waals surface area (Å²) in [4.78, 5) is 35.7. The Morgan fingerprint density at radius 1 is 1.07 bits per heavy atom. The second-order valence-electron chi connectivity index (χ2n) is 12.3. The minimum absolute atomic E-state index is 0.0588. The summed E-state index contributed by atoms with van der Waals surface area (Å²) in [7, 11) is 0. The Morgan fingerprint density at radius 3 is 2.62 bits per heavy atom. The van der Waals surface area contributed by atoms with Crippen LogP contribution in [-0.2, 0) is 16.0 Å². The number of hydrogen-bond acceptors (Lipinski definition) is 5. The van der Waals surface area contributed by atoms with Gasteiger partial charge >= 0.3 is 0 Å². The van der Waals surface area contributed by atoms with Crippen LogP contribution in [0.15, 0.2) is 42.5 Å². The Kier molecular flexibility index (Phi) is 7.11. The van der Waals surface area contributed by atoms with E-state index in [1.54, 1.807) is 11.0 Å². The number of H-pyrrole nitrogens is 1. The second kappa shape index (κ2) is 10.6. The predicted molar refractivity (Wildman–Crippen MR) is 156 cm³/mol. The maximum Gasteiger partial charge on any atom is 0.235 e. The van der Waals surface area contributed by atoms with Crippen LogP contribution in [0, 0.1) is 17.3 Å². The molecule has 2 N–H and O–H groups in total. The molecule has 3 aromatic rings. The fourth-order valence-corrected chi connectivity index (χ4v) is 7.45. The lowest BCUT2D eigenvalue weighted by Crippen LogP contribution is -2.52. The Hall–Kier alpha value is -3.32. The first kappa shape index (κ1) is 26.9. The molecule has 40 heavy (non-hydrogen) atoms. The molecule has 2 fully saturated rings. The van der Waals surface area contributed by atoms with Gasteiger partial charge in [-0.2, -0.15) is 0 Å². The highest BCUT2D eigenvalue weighted by atomic mass is 16.5. The molecule has 2 aromatic carbocycles. The van der Waals surface area contributed by atoms with E-state index in [1.807, 2.05) is 37.3 Å². The molecule has 1 unspecified atom stereocenters. The molecule has 212 valence electrons. The number of piperidine rings is 1. The van der Waals surface area contributed by atoms with Crippen LogP contribution in [0.4, 0.5) is 0 Å². The second-order valence-corrected chi connectivity index (χ2v) is 12.3. The summed E-state index contributed by atoms with van der Waals surface area (Å²) >= 11 is 0. The summed E-state index contributed by atoms with van der Waals surface area (Å²) in [5.74, 6) is 1.39. The van der Waals surface area contributed by atoms with Gasteiger partial charge in [0.05, 0.1) is 12.0 Å². The van der Waals surface area contributed by atoms with E-state index in [1.165, 1.54) is 12.8 Å². The molecule has 1 aliphatic carbocycles. The first-order valence-corrected chi connectivity index (χ1v) is 14.9. The van der Waals surface area contributed by atoms with Crippen molar-refractivity contribution in [3.8, 4) is 11.5 Å². The van der Waals surface area contributed by atoms with Gasteiger partial charge in [0.2, 0.25) is 11.8 Å². The van der Waals surface area contributed by atoms with Crippen LogP contribution < -0.4 is 4.74 Å². The fraction of sp³-hybridized carbons (Fsp3) is 0.515. The molecule has 2 saturated heterocycles. The van der Waals surface area contributed by atoms with Gasteiger partial charge in [-0.05, 0) is 99.0 Å². The number of likely N-dealkylation sites (tertiary alicyclic amines) is 2. The van der Waals surface area contributed by atoms with Crippen LogP contribution in [0.1, 0.15) is 69.2 Å². The van der Waals surface area contributed by atoms with Gasteiger partial charge in [-0.3, -0.25) is 14.5 Å². The minimum atomic E-state index is -0.761. The number of hydrogen-bond donors (Lipinski definition) is 2. The number of phenolic OH excluding ortho intramolecular Hbond substituents is 1. The number of amides is 2. The van der Waals surface area contributed by atoms with Gasteiger partial charge in [0.25, 0.3) is 0 Å². The van der Waals surface area contributed by atoms with Crippen LogP contribution in [0.25, 0.3) is 10.9 Å². The van der Waals surface area contributed by atoms with Crippen molar-refractivity contribution >= 4 is 22.7 Å². The van der Waals surface area contributed by atoms with Gasteiger partial charge < -0.3 is 19.7 Å². The maximum absolute atomic E-state index is 14.5. The molecule has 3 aliphatic rings. The van der Waals surface area contributed by atoms with Crippen LogP contribution in [0.2, 0.25) is 0 Å². The number of imide groups is 1. The van der Waals surface area contributed by atoms with E-state index in [2.05, 4.69) is 29.8 Å². The Morgan fingerprint density at radius 2 is 1.88 bits per heavy atom. The van der Waals surface area contributed by atoms with Crippen LogP contribution in [-0.4, -0.2) is 64.5 Å². The number of aromatic amines is 1. The number of fused-ring (bicyclic) bond motifs is 4. The zero-order valence-corrected chi connectivity index (χ0v) is 23.9. The number of aromatic hydroxyl groups is 1. The minimum Gasteiger partial charge on any atom is -0.508 e. The number of benzene rings is 2. The monoisotopic (exact) mass is 543 g/mol. The third-order valence-corrected chi connectivity index (χ3v) is 9.75. The lowest BCUT2D eigenvalue weighted by atomic mass is 9.59.